The van der Waals surface area contributed by atoms with Gasteiger partial charge < -0.3 is 16.4 Å². The van der Waals surface area contributed by atoms with Crippen molar-refractivity contribution in [2.45, 2.75) is 46.5 Å². The summed E-state index contributed by atoms with van der Waals surface area (Å²) in [5.41, 5.74) is 4.98. The lowest BCUT2D eigenvalue weighted by molar-refractivity contribution is -0.128. The van der Waals surface area contributed by atoms with Gasteiger partial charge in [0.2, 0.25) is 11.8 Å². The number of hydrogen-bond acceptors (Lipinski definition) is 3. The van der Waals surface area contributed by atoms with Gasteiger partial charge in [-0.05, 0) is 25.8 Å². The Morgan fingerprint density at radius 2 is 1.61 bits per heavy atom. The highest BCUT2D eigenvalue weighted by Gasteiger charge is 2.20. The molecule has 0 aromatic carbocycles. The van der Waals surface area contributed by atoms with Crippen LogP contribution in [0.1, 0.15) is 46.5 Å². The van der Waals surface area contributed by atoms with Gasteiger partial charge in [0, 0.05) is 24.9 Å². The molecule has 0 aliphatic rings. The molecule has 0 atom stereocenters. The van der Waals surface area contributed by atoms with Crippen LogP contribution in [0.4, 0.5) is 0 Å². The predicted molar refractivity (Wildman–Crippen MR) is 73.0 cm³/mol. The van der Waals surface area contributed by atoms with E-state index in [1.54, 1.807) is 0 Å². The van der Waals surface area contributed by atoms with Crippen molar-refractivity contribution in [3.8, 4) is 0 Å². The van der Waals surface area contributed by atoms with Crippen LogP contribution in [0.5, 0.6) is 0 Å². The van der Waals surface area contributed by atoms with Gasteiger partial charge in [0.05, 0.1) is 0 Å². The quantitative estimate of drug-likeness (QED) is 0.562. The molecule has 4 N–H and O–H groups in total. The van der Waals surface area contributed by atoms with E-state index in [2.05, 4.69) is 10.6 Å². The summed E-state index contributed by atoms with van der Waals surface area (Å²) in [6, 6.07) is 0. The second-order valence-corrected chi connectivity index (χ2v) is 5.46. The van der Waals surface area contributed by atoms with Crippen molar-refractivity contribution in [3.05, 3.63) is 0 Å². The largest absolute Gasteiger partial charge is 0.356 e. The van der Waals surface area contributed by atoms with E-state index in [0.717, 1.165) is 12.8 Å². The fourth-order valence-corrected chi connectivity index (χ4v) is 1.30. The topological polar surface area (TPSA) is 84.2 Å². The zero-order valence-electron chi connectivity index (χ0n) is 11.8. The summed E-state index contributed by atoms with van der Waals surface area (Å²) in [6.45, 7) is 7.50. The van der Waals surface area contributed by atoms with Crippen molar-refractivity contribution in [2.24, 2.45) is 11.1 Å². The van der Waals surface area contributed by atoms with Crippen molar-refractivity contribution in [2.75, 3.05) is 19.6 Å². The fraction of sp³-hybridized carbons (Fsp3) is 0.846. The Balaban J connectivity index is 3.49. The van der Waals surface area contributed by atoms with Gasteiger partial charge in [-0.25, -0.2) is 0 Å². The number of nitrogens with one attached hydrogen (secondary N) is 2. The molecule has 18 heavy (non-hydrogen) atoms. The molecule has 106 valence electrons. The van der Waals surface area contributed by atoms with E-state index in [-0.39, 0.29) is 17.2 Å². The number of hydrogen-bond donors (Lipinski definition) is 3. The summed E-state index contributed by atoms with van der Waals surface area (Å²) in [7, 11) is 0. The summed E-state index contributed by atoms with van der Waals surface area (Å²) in [4.78, 5) is 22.9. The predicted octanol–water partition coefficient (Wildman–Crippen LogP) is 0.784. The first kappa shape index (κ1) is 16.9. The van der Waals surface area contributed by atoms with Crippen LogP contribution in [0.3, 0.4) is 0 Å². The number of nitrogens with two attached hydrogens (primary N) is 1. The van der Waals surface area contributed by atoms with Crippen LogP contribution in [0.25, 0.3) is 0 Å². The highest BCUT2D eigenvalue weighted by atomic mass is 16.2. The van der Waals surface area contributed by atoms with Gasteiger partial charge in [-0.15, -0.1) is 0 Å². The van der Waals surface area contributed by atoms with Crippen LogP contribution in [-0.2, 0) is 9.59 Å². The Kier molecular flexibility index (Phi) is 8.37. The van der Waals surface area contributed by atoms with E-state index in [0.29, 0.717) is 32.5 Å². The Hall–Kier alpha value is -1.10. The second kappa shape index (κ2) is 8.91. The van der Waals surface area contributed by atoms with Gasteiger partial charge in [-0.3, -0.25) is 9.59 Å². The first-order valence-electron chi connectivity index (χ1n) is 6.63. The Bertz CT molecular complexity index is 259. The van der Waals surface area contributed by atoms with Gasteiger partial charge in [0.15, 0.2) is 0 Å². The van der Waals surface area contributed by atoms with Crippen molar-refractivity contribution >= 4 is 11.8 Å². The average molecular weight is 257 g/mol. The van der Waals surface area contributed by atoms with Crippen LogP contribution in [0.15, 0.2) is 0 Å². The van der Waals surface area contributed by atoms with Gasteiger partial charge >= 0.3 is 0 Å². The maximum atomic E-state index is 11.5. The lowest BCUT2D eigenvalue weighted by Crippen LogP contribution is -2.35. The molecular formula is C13H27N3O2. The second-order valence-electron chi connectivity index (χ2n) is 5.46. The first-order chi connectivity index (χ1) is 8.38. The third kappa shape index (κ3) is 8.98. The van der Waals surface area contributed by atoms with Gasteiger partial charge in [-0.1, -0.05) is 20.8 Å². The lowest BCUT2D eigenvalue weighted by atomic mass is 9.96. The number of unbranched alkanes of at least 4 members (excludes halogenated alkanes) is 1. The Morgan fingerprint density at radius 3 is 2.17 bits per heavy atom. The summed E-state index contributed by atoms with van der Waals surface area (Å²) in [5, 5.41) is 5.65. The number of carbonyl (C=O) groups excluding carboxylic acids is 2. The monoisotopic (exact) mass is 257 g/mol. The smallest absolute Gasteiger partial charge is 0.225 e. The minimum absolute atomic E-state index is 0.0193. The van der Waals surface area contributed by atoms with Crippen molar-refractivity contribution in [1.82, 2.24) is 10.6 Å². The van der Waals surface area contributed by atoms with E-state index in [9.17, 15) is 9.59 Å². The molecule has 0 radical (unpaired) electrons. The lowest BCUT2D eigenvalue weighted by Gasteiger charge is -2.17. The molecule has 0 bridgehead atoms. The van der Waals surface area contributed by atoms with E-state index >= 15 is 0 Å². The molecule has 0 aliphatic heterocycles. The van der Waals surface area contributed by atoms with Gasteiger partial charge in [-0.2, -0.15) is 0 Å². The Labute approximate surface area is 110 Å². The summed E-state index contributed by atoms with van der Waals surface area (Å²) in [5.74, 6) is 0.0582. The molecule has 0 aromatic rings. The SMILES string of the molecule is CC(C)(C)C(=O)NCCCC(=O)NCCCCN. The van der Waals surface area contributed by atoms with Crippen LogP contribution in [0, 0.1) is 5.41 Å². The molecule has 0 saturated heterocycles. The number of rotatable bonds is 8. The highest BCUT2D eigenvalue weighted by molar-refractivity contribution is 5.81. The number of carbonyl (C=O) groups is 2. The highest BCUT2D eigenvalue weighted by Crippen LogP contribution is 2.12. The van der Waals surface area contributed by atoms with Crippen LogP contribution in [0.2, 0.25) is 0 Å². The van der Waals surface area contributed by atoms with Crippen molar-refractivity contribution < 1.29 is 9.59 Å². The average Bonchev–Trinajstić information content (AvgIpc) is 2.28. The molecule has 0 fully saturated rings. The molecule has 5 nitrogen and oxygen atoms in total. The summed E-state index contributed by atoms with van der Waals surface area (Å²) in [6.07, 6.45) is 2.97. The molecule has 0 saturated carbocycles. The molecule has 2 amide bonds. The van der Waals surface area contributed by atoms with Crippen LogP contribution < -0.4 is 16.4 Å². The van der Waals surface area contributed by atoms with E-state index in [1.165, 1.54) is 0 Å². The van der Waals surface area contributed by atoms with Crippen molar-refractivity contribution in [3.63, 3.8) is 0 Å². The minimum Gasteiger partial charge on any atom is -0.356 e. The first-order valence-corrected chi connectivity index (χ1v) is 6.63. The Morgan fingerprint density at radius 1 is 1.00 bits per heavy atom. The maximum Gasteiger partial charge on any atom is 0.225 e. The molecule has 0 aromatic heterocycles. The van der Waals surface area contributed by atoms with Gasteiger partial charge in [0.1, 0.15) is 0 Å². The van der Waals surface area contributed by atoms with Gasteiger partial charge in [0.25, 0.3) is 0 Å². The normalized spacial score (nSPS) is 11.1. The van der Waals surface area contributed by atoms with E-state index in [4.69, 9.17) is 5.73 Å². The maximum absolute atomic E-state index is 11.5. The molecule has 5 heteroatoms. The standard InChI is InChI=1S/C13H27N3O2/c1-13(2,3)12(18)16-10-6-7-11(17)15-9-5-4-8-14/h4-10,14H2,1-3H3,(H,15,17)(H,16,18). The van der Waals surface area contributed by atoms with Crippen LogP contribution in [-0.4, -0.2) is 31.4 Å². The zero-order valence-corrected chi connectivity index (χ0v) is 11.8. The van der Waals surface area contributed by atoms with Crippen LogP contribution >= 0.6 is 0 Å². The molecular weight excluding hydrogens is 230 g/mol. The summed E-state index contributed by atoms with van der Waals surface area (Å²) >= 11 is 0. The zero-order chi connectivity index (χ0) is 14.0. The van der Waals surface area contributed by atoms with Crippen molar-refractivity contribution in [1.29, 1.82) is 0 Å². The fourth-order valence-electron chi connectivity index (χ4n) is 1.30. The third-order valence-electron chi connectivity index (χ3n) is 2.50. The summed E-state index contributed by atoms with van der Waals surface area (Å²) < 4.78 is 0. The molecule has 0 spiro atoms. The third-order valence-corrected chi connectivity index (χ3v) is 2.50. The molecule has 0 rings (SSSR count). The van der Waals surface area contributed by atoms with E-state index in [1.807, 2.05) is 20.8 Å². The molecule has 0 heterocycles. The van der Waals surface area contributed by atoms with E-state index < -0.39 is 0 Å². The number of amides is 2. The minimum atomic E-state index is -0.371. The molecule has 0 unspecified atom stereocenters. The molecule has 0 aliphatic carbocycles.